The van der Waals surface area contributed by atoms with E-state index in [0.717, 1.165) is 48.9 Å². The van der Waals surface area contributed by atoms with Crippen molar-refractivity contribution in [2.45, 2.75) is 37.8 Å². The fourth-order valence-electron chi connectivity index (χ4n) is 7.12. The zero-order chi connectivity index (χ0) is 33.1. The molecule has 0 radical (unpaired) electrons. The van der Waals surface area contributed by atoms with Crippen LogP contribution in [0.3, 0.4) is 0 Å². The van der Waals surface area contributed by atoms with E-state index in [0.29, 0.717) is 17.7 Å². The van der Waals surface area contributed by atoms with Crippen molar-refractivity contribution in [3.8, 4) is 11.5 Å². The molecule has 0 heterocycles. The summed E-state index contributed by atoms with van der Waals surface area (Å²) >= 11 is 0. The second-order valence-electron chi connectivity index (χ2n) is 12.6. The molecular formula is C43H44O3Si2. The average molecular weight is 665 g/mol. The molecule has 0 amide bonds. The van der Waals surface area contributed by atoms with Crippen LogP contribution in [0, 0.1) is 0 Å². The molecule has 242 valence electrons. The third-order valence-electron chi connectivity index (χ3n) is 9.71. The molecule has 6 rings (SSSR count). The molecule has 48 heavy (non-hydrogen) atoms. The van der Waals surface area contributed by atoms with Gasteiger partial charge in [-0.05, 0) is 65.0 Å². The number of phenolic OH excluding ortho intramolecular Hbond substituents is 2. The van der Waals surface area contributed by atoms with Crippen LogP contribution >= 0.6 is 0 Å². The predicted octanol–water partition coefficient (Wildman–Crippen LogP) is 7.24. The van der Waals surface area contributed by atoms with E-state index in [1.807, 2.05) is 36.4 Å². The number of phenols is 2. The van der Waals surface area contributed by atoms with Crippen molar-refractivity contribution in [2.24, 2.45) is 0 Å². The summed E-state index contributed by atoms with van der Waals surface area (Å²) in [5.74, 6) is 0.721. The van der Waals surface area contributed by atoms with Gasteiger partial charge in [0.2, 0.25) is 0 Å². The highest BCUT2D eigenvalue weighted by atomic mass is 28.4. The molecule has 5 heteroatoms. The van der Waals surface area contributed by atoms with Crippen molar-refractivity contribution >= 4 is 37.1 Å². The summed E-state index contributed by atoms with van der Waals surface area (Å²) in [6.45, 7) is 0. The molecule has 0 saturated heterocycles. The van der Waals surface area contributed by atoms with E-state index in [9.17, 15) is 10.2 Å². The van der Waals surface area contributed by atoms with Gasteiger partial charge in [-0.2, -0.15) is 0 Å². The van der Waals surface area contributed by atoms with Gasteiger partial charge in [0.05, 0.1) is 0 Å². The number of aromatic hydroxyl groups is 2. The highest BCUT2D eigenvalue weighted by Gasteiger charge is 2.44. The van der Waals surface area contributed by atoms with Crippen LogP contribution in [0.2, 0.25) is 12.1 Å². The summed E-state index contributed by atoms with van der Waals surface area (Å²) in [5.41, 5.74) is 1.96. The van der Waals surface area contributed by atoms with Crippen LogP contribution in [-0.4, -0.2) is 32.8 Å². The first kappa shape index (κ1) is 33.2. The fourth-order valence-corrected chi connectivity index (χ4v) is 16.4. The molecule has 3 nitrogen and oxygen atoms in total. The van der Waals surface area contributed by atoms with E-state index in [4.69, 9.17) is 4.43 Å². The molecule has 0 unspecified atom stereocenters. The van der Waals surface area contributed by atoms with Crippen LogP contribution in [0.4, 0.5) is 0 Å². The third-order valence-corrected chi connectivity index (χ3v) is 18.9. The Labute approximate surface area is 287 Å². The van der Waals surface area contributed by atoms with Crippen molar-refractivity contribution < 1.29 is 14.6 Å². The van der Waals surface area contributed by atoms with Crippen LogP contribution in [0.5, 0.6) is 11.5 Å². The van der Waals surface area contributed by atoms with Crippen molar-refractivity contribution in [2.75, 3.05) is 6.23 Å². The first-order chi connectivity index (χ1) is 23.6. The molecule has 6 aromatic rings. The molecule has 6 aromatic carbocycles. The number of aryl methyl sites for hydroxylation is 2. The largest absolute Gasteiger partial charge is 0.508 e. The standard InChI is InChI=1S/C43H44O3Si2/c44-42-31-15-13-19-36(42)21-17-33-47(38-23-5-1-6-24-38,39-25-7-2-8-26-39)35-46-48(40-27-9-3-10-28-40,41-29-11-4-12-30-41)34-18-22-37-20-14-16-32-43(37)45/h1-16,19-20,23-32,44-45H,17-18,21-22,33-35H2. The summed E-state index contributed by atoms with van der Waals surface area (Å²) in [4.78, 5) is 0. The maximum absolute atomic E-state index is 10.6. The molecule has 0 aromatic heterocycles. The summed E-state index contributed by atoms with van der Waals surface area (Å²) in [6, 6.07) is 61.1. The van der Waals surface area contributed by atoms with E-state index >= 15 is 0 Å². The van der Waals surface area contributed by atoms with Crippen LogP contribution in [0.1, 0.15) is 24.0 Å². The lowest BCUT2D eigenvalue weighted by molar-refractivity contribution is 0.376. The zero-order valence-electron chi connectivity index (χ0n) is 27.4. The van der Waals surface area contributed by atoms with Crippen molar-refractivity contribution in [3.63, 3.8) is 0 Å². The molecule has 0 aliphatic rings. The van der Waals surface area contributed by atoms with Gasteiger partial charge in [-0.25, -0.2) is 0 Å². The lowest BCUT2D eigenvalue weighted by atomic mass is 10.1. The Morgan fingerprint density at radius 1 is 0.396 bits per heavy atom. The van der Waals surface area contributed by atoms with Crippen molar-refractivity contribution in [1.29, 1.82) is 0 Å². The molecule has 0 bridgehead atoms. The Morgan fingerprint density at radius 2 is 0.750 bits per heavy atom. The van der Waals surface area contributed by atoms with Crippen LogP contribution < -0.4 is 20.7 Å². The molecule has 2 N–H and O–H groups in total. The molecule has 0 aliphatic carbocycles. The van der Waals surface area contributed by atoms with Gasteiger partial charge in [0.1, 0.15) is 19.6 Å². The lowest BCUT2D eigenvalue weighted by Gasteiger charge is -2.39. The molecular weight excluding hydrogens is 621 g/mol. The van der Waals surface area contributed by atoms with Gasteiger partial charge in [0.25, 0.3) is 8.32 Å². The summed E-state index contributed by atoms with van der Waals surface area (Å²) in [6.07, 6.45) is 4.07. The Hall–Kier alpha value is -4.69. The van der Waals surface area contributed by atoms with Gasteiger partial charge in [0, 0.05) is 6.23 Å². The van der Waals surface area contributed by atoms with Crippen LogP contribution in [0.25, 0.3) is 0 Å². The van der Waals surface area contributed by atoms with E-state index in [2.05, 4.69) is 121 Å². The average Bonchev–Trinajstić information content (AvgIpc) is 3.15. The molecule has 0 spiro atoms. The molecule has 0 aliphatic heterocycles. The Kier molecular flexibility index (Phi) is 11.0. The number of rotatable bonds is 15. The Bertz CT molecular complexity index is 1630. The van der Waals surface area contributed by atoms with Crippen molar-refractivity contribution in [1.82, 2.24) is 0 Å². The second-order valence-corrected chi connectivity index (χ2v) is 20.3. The molecule has 0 atom stereocenters. The zero-order valence-corrected chi connectivity index (χ0v) is 29.4. The Morgan fingerprint density at radius 3 is 1.17 bits per heavy atom. The number of hydrogen-bond acceptors (Lipinski definition) is 3. The normalized spacial score (nSPS) is 11.8. The van der Waals surface area contributed by atoms with Crippen LogP contribution in [0.15, 0.2) is 170 Å². The SMILES string of the molecule is Oc1ccccc1CCC[Si](CO[Si](CCCc1ccccc1O)(c1ccccc1)c1ccccc1)(c1ccccc1)c1ccccc1. The maximum atomic E-state index is 10.6. The quantitative estimate of drug-likeness (QED) is 0.114. The molecule has 0 saturated carbocycles. The highest BCUT2D eigenvalue weighted by molar-refractivity contribution is 7.04. The Balaban J connectivity index is 1.42. The third kappa shape index (κ3) is 7.55. The topological polar surface area (TPSA) is 49.7 Å². The maximum Gasteiger partial charge on any atom is 0.255 e. The summed E-state index contributed by atoms with van der Waals surface area (Å²) in [7, 11) is -5.31. The first-order valence-corrected chi connectivity index (χ1v) is 21.5. The number of para-hydroxylation sites is 2. The monoisotopic (exact) mass is 664 g/mol. The predicted molar refractivity (Wildman–Crippen MR) is 204 cm³/mol. The van der Waals surface area contributed by atoms with Gasteiger partial charge in [-0.15, -0.1) is 0 Å². The van der Waals surface area contributed by atoms with Crippen molar-refractivity contribution in [3.05, 3.63) is 181 Å². The first-order valence-electron chi connectivity index (χ1n) is 17.0. The van der Waals surface area contributed by atoms with E-state index in [1.54, 1.807) is 12.1 Å². The lowest BCUT2D eigenvalue weighted by Crippen LogP contribution is -2.68. The fraction of sp³-hybridized carbons (Fsp3) is 0.163. The van der Waals surface area contributed by atoms with Gasteiger partial charge in [0.15, 0.2) is 0 Å². The smallest absolute Gasteiger partial charge is 0.255 e. The van der Waals surface area contributed by atoms with Gasteiger partial charge < -0.3 is 14.6 Å². The van der Waals surface area contributed by atoms with E-state index in [-0.39, 0.29) is 0 Å². The van der Waals surface area contributed by atoms with Gasteiger partial charge in [-0.3, -0.25) is 0 Å². The van der Waals surface area contributed by atoms with E-state index in [1.165, 1.54) is 20.7 Å². The van der Waals surface area contributed by atoms with E-state index < -0.39 is 16.4 Å². The second kappa shape index (κ2) is 15.9. The van der Waals surface area contributed by atoms with Gasteiger partial charge >= 0.3 is 0 Å². The highest BCUT2D eigenvalue weighted by Crippen LogP contribution is 2.26. The van der Waals surface area contributed by atoms with Crippen LogP contribution in [-0.2, 0) is 17.3 Å². The molecule has 0 fully saturated rings. The number of hydrogen-bond donors (Lipinski definition) is 2. The summed E-state index contributed by atoms with van der Waals surface area (Å²) < 4.78 is 7.76. The minimum Gasteiger partial charge on any atom is -0.508 e. The summed E-state index contributed by atoms with van der Waals surface area (Å²) in [5, 5.41) is 26.5. The minimum absolute atomic E-state index is 0.356. The van der Waals surface area contributed by atoms with Gasteiger partial charge in [-0.1, -0.05) is 175 Å². The number of benzene rings is 6. The minimum atomic E-state index is -2.79.